The van der Waals surface area contributed by atoms with Crippen molar-refractivity contribution in [2.24, 2.45) is 5.73 Å². The minimum atomic E-state index is -0.119. The van der Waals surface area contributed by atoms with Crippen molar-refractivity contribution in [3.63, 3.8) is 0 Å². The number of pyridine rings is 1. The van der Waals surface area contributed by atoms with E-state index in [0.29, 0.717) is 24.5 Å². The Balaban J connectivity index is 2.41. The van der Waals surface area contributed by atoms with Crippen LogP contribution >= 0.6 is 15.9 Å². The summed E-state index contributed by atoms with van der Waals surface area (Å²) in [5, 5.41) is 0. The molecular formula is C10H13BrN4O. The van der Waals surface area contributed by atoms with Gasteiger partial charge in [0, 0.05) is 23.5 Å². The van der Waals surface area contributed by atoms with E-state index in [1.54, 1.807) is 4.90 Å². The largest absolute Gasteiger partial charge is 0.382 e. The second-order valence-corrected chi connectivity index (χ2v) is 4.78. The van der Waals surface area contributed by atoms with E-state index in [1.807, 2.05) is 13.0 Å². The van der Waals surface area contributed by atoms with E-state index in [9.17, 15) is 4.79 Å². The van der Waals surface area contributed by atoms with Crippen molar-refractivity contribution < 1.29 is 4.79 Å². The Morgan fingerprint density at radius 3 is 2.88 bits per heavy atom. The van der Waals surface area contributed by atoms with E-state index >= 15 is 0 Å². The molecule has 4 N–H and O–H groups in total. The molecule has 1 fully saturated rings. The fraction of sp³-hybridized carbons (Fsp3) is 0.400. The van der Waals surface area contributed by atoms with Crippen LogP contribution in [0.15, 0.2) is 10.5 Å². The Hall–Kier alpha value is -1.14. The number of aromatic nitrogens is 1. The van der Waals surface area contributed by atoms with Crippen molar-refractivity contribution in [1.29, 1.82) is 0 Å². The first-order chi connectivity index (χ1) is 7.49. The summed E-state index contributed by atoms with van der Waals surface area (Å²) in [6, 6.07) is 1.69. The Bertz CT molecular complexity index is 449. The Labute approximate surface area is 102 Å². The first-order valence-electron chi connectivity index (χ1n) is 4.97. The number of halogens is 1. The van der Waals surface area contributed by atoms with E-state index in [0.717, 1.165) is 10.2 Å². The summed E-state index contributed by atoms with van der Waals surface area (Å²) in [5.41, 5.74) is 13.0. The molecule has 1 aromatic heterocycles. The first-order valence-corrected chi connectivity index (χ1v) is 5.77. The van der Waals surface area contributed by atoms with E-state index in [4.69, 9.17) is 11.5 Å². The van der Waals surface area contributed by atoms with Crippen LogP contribution in [0.4, 0.5) is 11.5 Å². The topological polar surface area (TPSA) is 85.2 Å². The lowest BCUT2D eigenvalue weighted by molar-refractivity contribution is -0.117. The van der Waals surface area contributed by atoms with Crippen LogP contribution in [0.1, 0.15) is 12.1 Å². The predicted octanol–water partition coefficient (Wildman–Crippen LogP) is 0.799. The van der Waals surface area contributed by atoms with E-state index in [-0.39, 0.29) is 11.9 Å². The molecule has 1 aliphatic heterocycles. The van der Waals surface area contributed by atoms with Crippen molar-refractivity contribution in [3.05, 3.63) is 16.2 Å². The molecule has 16 heavy (non-hydrogen) atoms. The van der Waals surface area contributed by atoms with Gasteiger partial charge in [-0.3, -0.25) is 4.79 Å². The molecule has 0 spiro atoms. The first kappa shape index (κ1) is 11.3. The van der Waals surface area contributed by atoms with Gasteiger partial charge in [0.25, 0.3) is 0 Å². The molecule has 5 nitrogen and oxygen atoms in total. The third-order valence-corrected chi connectivity index (χ3v) is 3.41. The molecule has 0 aromatic carbocycles. The summed E-state index contributed by atoms with van der Waals surface area (Å²) >= 11 is 3.38. The van der Waals surface area contributed by atoms with Crippen LogP contribution in [0.3, 0.4) is 0 Å². The van der Waals surface area contributed by atoms with Crippen LogP contribution in [0.2, 0.25) is 0 Å². The van der Waals surface area contributed by atoms with Gasteiger partial charge in [-0.25, -0.2) is 4.98 Å². The van der Waals surface area contributed by atoms with Gasteiger partial charge >= 0.3 is 0 Å². The number of anilines is 2. The number of hydrogen-bond acceptors (Lipinski definition) is 4. The van der Waals surface area contributed by atoms with Crippen LogP contribution < -0.4 is 16.4 Å². The Morgan fingerprint density at radius 2 is 2.31 bits per heavy atom. The number of nitrogens with two attached hydrogens (primary N) is 2. The van der Waals surface area contributed by atoms with E-state index in [2.05, 4.69) is 20.9 Å². The molecule has 2 rings (SSSR count). The maximum Gasteiger partial charge on any atom is 0.228 e. The molecule has 1 saturated heterocycles. The summed E-state index contributed by atoms with van der Waals surface area (Å²) in [5.74, 6) is 0.361. The molecule has 6 heteroatoms. The van der Waals surface area contributed by atoms with Crippen molar-refractivity contribution in [3.8, 4) is 0 Å². The van der Waals surface area contributed by atoms with Crippen LogP contribution in [-0.4, -0.2) is 23.5 Å². The zero-order chi connectivity index (χ0) is 11.9. The van der Waals surface area contributed by atoms with Gasteiger partial charge in [-0.1, -0.05) is 0 Å². The fourth-order valence-electron chi connectivity index (χ4n) is 1.77. The molecule has 0 aliphatic carbocycles. The Kier molecular flexibility index (Phi) is 2.86. The monoisotopic (exact) mass is 284 g/mol. The average molecular weight is 285 g/mol. The van der Waals surface area contributed by atoms with Gasteiger partial charge < -0.3 is 16.4 Å². The molecule has 1 aliphatic rings. The van der Waals surface area contributed by atoms with Gasteiger partial charge in [-0.2, -0.15) is 0 Å². The number of nitrogen functional groups attached to an aromatic ring is 1. The second-order valence-electron chi connectivity index (χ2n) is 3.93. The highest BCUT2D eigenvalue weighted by molar-refractivity contribution is 9.10. The van der Waals surface area contributed by atoms with Crippen LogP contribution in [-0.2, 0) is 4.79 Å². The van der Waals surface area contributed by atoms with Crippen molar-refractivity contribution >= 4 is 33.3 Å². The number of aryl methyl sites for hydroxylation is 1. The third kappa shape index (κ3) is 1.90. The van der Waals surface area contributed by atoms with Crippen LogP contribution in [0.5, 0.6) is 0 Å². The highest BCUT2D eigenvalue weighted by Crippen LogP contribution is 2.30. The SMILES string of the molecule is Cc1nc(N)c(N2CC(N)CC2=O)cc1Br. The lowest BCUT2D eigenvalue weighted by Gasteiger charge is -2.18. The second kappa shape index (κ2) is 4.03. The fourth-order valence-corrected chi connectivity index (χ4v) is 2.08. The highest BCUT2D eigenvalue weighted by Gasteiger charge is 2.29. The number of nitrogens with zero attached hydrogens (tertiary/aromatic N) is 2. The number of rotatable bonds is 1. The van der Waals surface area contributed by atoms with Gasteiger partial charge in [0.15, 0.2) is 0 Å². The summed E-state index contributed by atoms with van der Waals surface area (Å²) < 4.78 is 0.838. The molecule has 0 bridgehead atoms. The smallest absolute Gasteiger partial charge is 0.228 e. The maximum atomic E-state index is 11.7. The predicted molar refractivity (Wildman–Crippen MR) is 66.0 cm³/mol. The van der Waals surface area contributed by atoms with Gasteiger partial charge in [0.2, 0.25) is 5.91 Å². The van der Waals surface area contributed by atoms with Crippen LogP contribution in [0.25, 0.3) is 0 Å². The molecule has 1 amide bonds. The zero-order valence-corrected chi connectivity index (χ0v) is 10.5. The number of amides is 1. The minimum Gasteiger partial charge on any atom is -0.382 e. The molecular weight excluding hydrogens is 272 g/mol. The van der Waals surface area contributed by atoms with Gasteiger partial charge in [0.05, 0.1) is 11.4 Å². The molecule has 86 valence electrons. The number of hydrogen-bond donors (Lipinski definition) is 2. The standard InChI is InChI=1S/C10H13BrN4O/c1-5-7(11)3-8(10(13)14-5)15-4-6(12)2-9(15)16/h3,6H,2,4,12H2,1H3,(H2,13,14). The van der Waals surface area contributed by atoms with Crippen molar-refractivity contribution in [1.82, 2.24) is 4.98 Å². The van der Waals surface area contributed by atoms with Gasteiger partial charge in [-0.05, 0) is 28.9 Å². The lowest BCUT2D eigenvalue weighted by atomic mass is 10.3. The minimum absolute atomic E-state index is 0.00301. The molecule has 1 aromatic rings. The third-order valence-electron chi connectivity index (χ3n) is 2.61. The van der Waals surface area contributed by atoms with Gasteiger partial charge in [-0.15, -0.1) is 0 Å². The molecule has 0 saturated carbocycles. The zero-order valence-electron chi connectivity index (χ0n) is 8.90. The maximum absolute atomic E-state index is 11.7. The van der Waals surface area contributed by atoms with E-state index < -0.39 is 0 Å². The van der Waals surface area contributed by atoms with E-state index in [1.165, 1.54) is 0 Å². The number of carbonyl (C=O) groups excluding carboxylic acids is 1. The summed E-state index contributed by atoms with van der Waals surface area (Å²) in [6.45, 7) is 2.35. The summed E-state index contributed by atoms with van der Waals surface area (Å²) in [6.07, 6.45) is 0.366. The average Bonchev–Trinajstić information content (AvgIpc) is 2.51. The lowest BCUT2D eigenvalue weighted by Crippen LogP contribution is -2.29. The van der Waals surface area contributed by atoms with Gasteiger partial charge in [0.1, 0.15) is 5.82 Å². The Morgan fingerprint density at radius 1 is 1.62 bits per heavy atom. The molecule has 1 atom stereocenters. The van der Waals surface area contributed by atoms with Crippen molar-refractivity contribution in [2.45, 2.75) is 19.4 Å². The summed E-state index contributed by atoms with van der Waals surface area (Å²) in [7, 11) is 0. The van der Waals surface area contributed by atoms with Crippen molar-refractivity contribution in [2.75, 3.05) is 17.2 Å². The van der Waals surface area contributed by atoms with Crippen LogP contribution in [0, 0.1) is 6.92 Å². The molecule has 2 heterocycles. The molecule has 0 radical (unpaired) electrons. The normalized spacial score (nSPS) is 20.6. The quantitative estimate of drug-likeness (QED) is 0.799. The highest BCUT2D eigenvalue weighted by atomic mass is 79.9. The summed E-state index contributed by atoms with van der Waals surface area (Å²) in [4.78, 5) is 17.4. The molecule has 1 unspecified atom stereocenters. The number of carbonyl (C=O) groups is 1.